The van der Waals surface area contributed by atoms with Crippen molar-refractivity contribution in [2.75, 3.05) is 0 Å². The van der Waals surface area contributed by atoms with E-state index in [2.05, 4.69) is 187 Å². The van der Waals surface area contributed by atoms with Crippen LogP contribution < -0.4 is 0 Å². The lowest BCUT2D eigenvalue weighted by Gasteiger charge is -2.39. The lowest BCUT2D eigenvalue weighted by molar-refractivity contribution is 0.723. The summed E-state index contributed by atoms with van der Waals surface area (Å²) in [4.78, 5) is 13.6. The molecule has 8 aromatic carbocycles. The van der Waals surface area contributed by atoms with Crippen LogP contribution in [0.5, 0.6) is 0 Å². The van der Waals surface area contributed by atoms with Gasteiger partial charge >= 0.3 is 0 Å². The summed E-state index contributed by atoms with van der Waals surface area (Å²) in [5.74, 6) is 0.722. The molecule has 258 valence electrons. The molecule has 0 radical (unpaired) electrons. The standard InChI is InChI=1S/C51H33N3S/c1-3-16-33(17-4-1)43-31-44(34-18-5-2-6-19-34)53-50(52-43)54-45-28-27-32-15-7-8-20-35(32)49(45)38-29-48-42(30-46(38)54)51(41-25-13-14-26-47(41)55-48)39-23-11-9-21-36(39)37-22-10-12-24-40(37)51/h1-30,43H,31H2. The molecule has 55 heavy (non-hydrogen) atoms. The number of rotatable bonds is 2. The van der Waals surface area contributed by atoms with E-state index >= 15 is 0 Å². The van der Waals surface area contributed by atoms with E-state index in [1.807, 2.05) is 11.8 Å². The van der Waals surface area contributed by atoms with Crippen LogP contribution in [0.2, 0.25) is 0 Å². The molecule has 0 amide bonds. The van der Waals surface area contributed by atoms with Gasteiger partial charge in [-0.05, 0) is 79.5 Å². The average Bonchev–Trinajstić information content (AvgIpc) is 3.74. The maximum atomic E-state index is 5.55. The first-order chi connectivity index (χ1) is 27.3. The Hall–Kier alpha value is -6.49. The molecule has 0 bridgehead atoms. The first-order valence-electron chi connectivity index (χ1n) is 19.0. The molecule has 0 N–H and O–H groups in total. The molecule has 1 aromatic heterocycles. The zero-order valence-corrected chi connectivity index (χ0v) is 30.7. The van der Waals surface area contributed by atoms with Gasteiger partial charge in [0.05, 0.1) is 28.2 Å². The van der Waals surface area contributed by atoms with Gasteiger partial charge in [0.2, 0.25) is 5.96 Å². The fourth-order valence-electron chi connectivity index (χ4n) is 9.70. The zero-order valence-electron chi connectivity index (χ0n) is 29.9. The van der Waals surface area contributed by atoms with E-state index < -0.39 is 5.41 Å². The second-order valence-corrected chi connectivity index (χ2v) is 15.9. The number of hydrogen-bond acceptors (Lipinski definition) is 3. The van der Waals surface area contributed by atoms with Crippen molar-refractivity contribution in [1.29, 1.82) is 0 Å². The molecule has 4 heteroatoms. The van der Waals surface area contributed by atoms with Crippen LogP contribution in [0.4, 0.5) is 0 Å². The predicted molar refractivity (Wildman–Crippen MR) is 228 cm³/mol. The molecule has 3 heterocycles. The van der Waals surface area contributed by atoms with Gasteiger partial charge in [-0.3, -0.25) is 4.57 Å². The van der Waals surface area contributed by atoms with E-state index in [1.165, 1.54) is 70.3 Å². The number of nitrogens with zero attached hydrogens (tertiary/aromatic N) is 3. The SMILES string of the molecule is c1ccc(C2=NC(n3c4cc5c(cc4c4c6ccccc6ccc43)Sc3ccccc3C53c4ccccc4-c4ccccc43)=NC(c3ccccc3)C2)cc1. The summed E-state index contributed by atoms with van der Waals surface area (Å²) in [6.07, 6.45) is 0.733. The maximum absolute atomic E-state index is 5.55. The number of aromatic nitrogens is 1. The molecule has 0 fully saturated rings. The summed E-state index contributed by atoms with van der Waals surface area (Å²) in [6.45, 7) is 0. The van der Waals surface area contributed by atoms with E-state index in [9.17, 15) is 0 Å². The lowest BCUT2D eigenvalue weighted by Crippen LogP contribution is -2.32. The number of fused-ring (bicyclic) bond motifs is 14. The molecule has 0 saturated heterocycles. The minimum Gasteiger partial charge on any atom is -0.278 e. The second-order valence-electron chi connectivity index (χ2n) is 14.8. The topological polar surface area (TPSA) is 29.6 Å². The van der Waals surface area contributed by atoms with Crippen LogP contribution in [-0.4, -0.2) is 16.2 Å². The van der Waals surface area contributed by atoms with Crippen molar-refractivity contribution < 1.29 is 0 Å². The van der Waals surface area contributed by atoms with E-state index in [1.54, 1.807) is 0 Å². The minimum absolute atomic E-state index is 0.0724. The Morgan fingerprint density at radius 1 is 0.527 bits per heavy atom. The summed E-state index contributed by atoms with van der Waals surface area (Å²) in [6, 6.07) is 66.6. The minimum atomic E-state index is -0.485. The smallest absolute Gasteiger partial charge is 0.230 e. The third-order valence-corrected chi connectivity index (χ3v) is 13.1. The first-order valence-corrected chi connectivity index (χ1v) is 19.8. The number of aliphatic imine (C=N–C) groups is 2. The highest BCUT2D eigenvalue weighted by atomic mass is 32.2. The van der Waals surface area contributed by atoms with Gasteiger partial charge in [0.1, 0.15) is 0 Å². The van der Waals surface area contributed by atoms with Gasteiger partial charge < -0.3 is 0 Å². The largest absolute Gasteiger partial charge is 0.278 e. The monoisotopic (exact) mass is 719 g/mol. The third-order valence-electron chi connectivity index (χ3n) is 12.0. The normalized spacial score (nSPS) is 16.4. The van der Waals surface area contributed by atoms with E-state index in [0.29, 0.717) is 0 Å². The van der Waals surface area contributed by atoms with Crippen LogP contribution in [-0.2, 0) is 5.41 Å². The van der Waals surface area contributed by atoms with Gasteiger partial charge in [0, 0.05) is 27.0 Å². The zero-order chi connectivity index (χ0) is 36.1. The fourth-order valence-corrected chi connectivity index (χ4v) is 10.9. The average molecular weight is 720 g/mol. The van der Waals surface area contributed by atoms with Crippen LogP contribution in [0, 0.1) is 0 Å². The van der Waals surface area contributed by atoms with Crippen molar-refractivity contribution in [3.8, 4) is 11.1 Å². The van der Waals surface area contributed by atoms with Crippen LogP contribution in [0.3, 0.4) is 0 Å². The Bertz CT molecular complexity index is 3060. The van der Waals surface area contributed by atoms with Gasteiger partial charge in [-0.1, -0.05) is 169 Å². The van der Waals surface area contributed by atoms with Crippen molar-refractivity contribution in [2.45, 2.75) is 27.7 Å². The van der Waals surface area contributed by atoms with Crippen LogP contribution >= 0.6 is 11.8 Å². The highest BCUT2D eigenvalue weighted by molar-refractivity contribution is 7.99. The molecule has 1 spiro atoms. The molecule has 2 aliphatic heterocycles. The molecular formula is C51H33N3S. The van der Waals surface area contributed by atoms with Gasteiger partial charge in [0.25, 0.3) is 0 Å². The molecule has 1 aliphatic carbocycles. The predicted octanol–water partition coefficient (Wildman–Crippen LogP) is 12.6. The summed E-state index contributed by atoms with van der Waals surface area (Å²) < 4.78 is 2.36. The highest BCUT2D eigenvalue weighted by Gasteiger charge is 2.50. The number of hydrogen-bond donors (Lipinski definition) is 0. The Balaban J connectivity index is 1.22. The van der Waals surface area contributed by atoms with E-state index in [4.69, 9.17) is 9.98 Å². The summed E-state index contributed by atoms with van der Waals surface area (Å²) >= 11 is 1.89. The van der Waals surface area contributed by atoms with Gasteiger partial charge in [-0.15, -0.1) is 0 Å². The van der Waals surface area contributed by atoms with Crippen molar-refractivity contribution >= 4 is 56.0 Å². The van der Waals surface area contributed by atoms with Crippen molar-refractivity contribution in [1.82, 2.24) is 4.57 Å². The fraction of sp³-hybridized carbons (Fsp3) is 0.0588. The molecular weight excluding hydrogens is 687 g/mol. The summed E-state index contributed by atoms with van der Waals surface area (Å²) in [5, 5.41) is 4.91. The summed E-state index contributed by atoms with van der Waals surface area (Å²) in [7, 11) is 0. The first kappa shape index (κ1) is 30.9. The van der Waals surface area contributed by atoms with Crippen LogP contribution in [0.15, 0.2) is 202 Å². The molecule has 3 aliphatic rings. The molecule has 1 unspecified atom stereocenters. The number of benzene rings is 8. The second kappa shape index (κ2) is 11.8. The van der Waals surface area contributed by atoms with Crippen molar-refractivity contribution in [3.05, 3.63) is 215 Å². The Kier molecular flexibility index (Phi) is 6.61. The van der Waals surface area contributed by atoms with Crippen LogP contribution in [0.1, 0.15) is 45.8 Å². The third kappa shape index (κ3) is 4.34. The van der Waals surface area contributed by atoms with E-state index in [0.717, 1.165) is 34.7 Å². The van der Waals surface area contributed by atoms with E-state index in [-0.39, 0.29) is 6.04 Å². The highest BCUT2D eigenvalue weighted by Crippen LogP contribution is 2.62. The summed E-state index contributed by atoms with van der Waals surface area (Å²) in [5.41, 5.74) is 13.0. The molecule has 1 atom stereocenters. The molecule has 0 saturated carbocycles. The molecule has 3 nitrogen and oxygen atoms in total. The Labute approximate surface area is 323 Å². The quantitative estimate of drug-likeness (QED) is 0.175. The van der Waals surface area contributed by atoms with Crippen molar-refractivity contribution in [3.63, 3.8) is 0 Å². The van der Waals surface area contributed by atoms with Crippen molar-refractivity contribution in [2.24, 2.45) is 9.98 Å². The van der Waals surface area contributed by atoms with Gasteiger partial charge in [-0.2, -0.15) is 0 Å². The van der Waals surface area contributed by atoms with Crippen LogP contribution in [0.25, 0.3) is 43.7 Å². The maximum Gasteiger partial charge on any atom is 0.230 e. The molecule has 9 aromatic rings. The Morgan fingerprint density at radius 3 is 1.96 bits per heavy atom. The van der Waals surface area contributed by atoms with Gasteiger partial charge in [0.15, 0.2) is 0 Å². The lowest BCUT2D eigenvalue weighted by atomic mass is 9.67. The molecule has 12 rings (SSSR count). The van der Waals surface area contributed by atoms with Gasteiger partial charge in [-0.25, -0.2) is 9.98 Å². The Morgan fingerprint density at radius 2 is 1.18 bits per heavy atom.